The number of carboxylic acid groups (broad SMARTS) is 1. The Morgan fingerprint density at radius 1 is 1.14 bits per heavy atom. The van der Waals surface area contributed by atoms with Crippen molar-refractivity contribution in [3.8, 4) is 28.0 Å². The van der Waals surface area contributed by atoms with Gasteiger partial charge in [0.25, 0.3) is 0 Å². The molecule has 5 aromatic rings. The summed E-state index contributed by atoms with van der Waals surface area (Å²) < 4.78 is 13.6. The van der Waals surface area contributed by atoms with Crippen LogP contribution < -0.4 is 4.74 Å². The normalized spacial score (nSPS) is 12.1. The van der Waals surface area contributed by atoms with E-state index in [1.165, 1.54) is 0 Å². The van der Waals surface area contributed by atoms with Gasteiger partial charge in [0.1, 0.15) is 17.2 Å². The molecule has 188 valence electrons. The number of aromatic carboxylic acids is 1. The third-order valence-electron chi connectivity index (χ3n) is 6.51. The van der Waals surface area contributed by atoms with Crippen molar-refractivity contribution >= 4 is 17.0 Å². The van der Waals surface area contributed by atoms with Gasteiger partial charge in [-0.1, -0.05) is 18.1 Å². The van der Waals surface area contributed by atoms with Crippen molar-refractivity contribution in [1.29, 1.82) is 0 Å². The molecule has 0 saturated carbocycles. The van der Waals surface area contributed by atoms with Gasteiger partial charge in [0.2, 0.25) is 0 Å². The molecule has 0 aliphatic rings. The highest BCUT2D eigenvalue weighted by molar-refractivity contribution is 5.99. The lowest BCUT2D eigenvalue weighted by molar-refractivity contribution is 0.0696. The predicted molar refractivity (Wildman–Crippen MR) is 141 cm³/mol. The molecule has 0 aliphatic heterocycles. The molecule has 0 aliphatic carbocycles. The van der Waals surface area contributed by atoms with Crippen LogP contribution in [0, 0.1) is 13.8 Å². The van der Waals surface area contributed by atoms with Crippen LogP contribution in [0.5, 0.6) is 5.75 Å². The molecule has 1 atom stereocenters. The number of benzene rings is 1. The minimum atomic E-state index is -0.999. The monoisotopic (exact) mass is 496 g/mol. The predicted octanol–water partition coefficient (Wildman–Crippen LogP) is 6.47. The van der Waals surface area contributed by atoms with Crippen LogP contribution in [0.15, 0.2) is 65.6 Å². The SMILES string of the molecule is CCCOc1cc(C(=O)O)ccc1-c1cn(C(C)c2ccccn2)c2ncc(-c3c(C)noc3C)cc12. The summed E-state index contributed by atoms with van der Waals surface area (Å²) in [5, 5.41) is 14.6. The summed E-state index contributed by atoms with van der Waals surface area (Å²) in [6, 6.07) is 12.8. The van der Waals surface area contributed by atoms with Crippen molar-refractivity contribution in [1.82, 2.24) is 19.7 Å². The number of hydrogen-bond donors (Lipinski definition) is 1. The lowest BCUT2D eigenvalue weighted by Crippen LogP contribution is -2.07. The molecule has 1 N–H and O–H groups in total. The van der Waals surface area contributed by atoms with Gasteiger partial charge >= 0.3 is 5.97 Å². The van der Waals surface area contributed by atoms with Crippen molar-refractivity contribution in [3.63, 3.8) is 0 Å². The molecule has 4 aromatic heterocycles. The number of carbonyl (C=O) groups is 1. The number of fused-ring (bicyclic) bond motifs is 1. The van der Waals surface area contributed by atoms with E-state index in [2.05, 4.69) is 27.7 Å². The number of nitrogens with zero attached hydrogens (tertiary/aromatic N) is 4. The molecule has 0 amide bonds. The third kappa shape index (κ3) is 4.46. The van der Waals surface area contributed by atoms with E-state index in [1.807, 2.05) is 57.4 Å². The topological polar surface area (TPSA) is 103 Å². The molecular weight excluding hydrogens is 468 g/mol. The smallest absolute Gasteiger partial charge is 0.335 e. The highest BCUT2D eigenvalue weighted by Crippen LogP contribution is 2.40. The molecule has 0 saturated heterocycles. The maximum Gasteiger partial charge on any atom is 0.335 e. The van der Waals surface area contributed by atoms with Crippen LogP contribution >= 0.6 is 0 Å². The molecule has 8 nitrogen and oxygen atoms in total. The maximum absolute atomic E-state index is 11.7. The number of hydrogen-bond acceptors (Lipinski definition) is 6. The largest absolute Gasteiger partial charge is 0.493 e. The molecule has 1 aromatic carbocycles. The van der Waals surface area contributed by atoms with Crippen molar-refractivity contribution in [3.05, 3.63) is 83.8 Å². The van der Waals surface area contributed by atoms with Gasteiger partial charge in [0, 0.05) is 46.2 Å². The number of ether oxygens (including phenoxy) is 1. The first kappa shape index (κ1) is 24.2. The van der Waals surface area contributed by atoms with Crippen LogP contribution in [0.1, 0.15) is 53.8 Å². The van der Waals surface area contributed by atoms with E-state index >= 15 is 0 Å². The Kier molecular flexibility index (Phi) is 6.48. The number of carboxylic acids is 1. The van der Waals surface area contributed by atoms with Crippen LogP contribution in [-0.4, -0.2) is 37.4 Å². The first-order chi connectivity index (χ1) is 17.9. The van der Waals surface area contributed by atoms with E-state index in [-0.39, 0.29) is 11.6 Å². The van der Waals surface area contributed by atoms with Crippen LogP contribution in [0.4, 0.5) is 0 Å². The fourth-order valence-corrected chi connectivity index (χ4v) is 4.65. The van der Waals surface area contributed by atoms with E-state index in [0.717, 1.165) is 56.9 Å². The second kappa shape index (κ2) is 9.89. The third-order valence-corrected chi connectivity index (χ3v) is 6.51. The van der Waals surface area contributed by atoms with Crippen LogP contribution in [0.2, 0.25) is 0 Å². The summed E-state index contributed by atoms with van der Waals surface area (Å²) >= 11 is 0. The minimum absolute atomic E-state index is 0.0897. The van der Waals surface area contributed by atoms with Gasteiger partial charge in [0.05, 0.1) is 29.6 Å². The zero-order chi connectivity index (χ0) is 26.1. The molecule has 0 bridgehead atoms. The average molecular weight is 497 g/mol. The number of aryl methyl sites for hydroxylation is 2. The highest BCUT2D eigenvalue weighted by atomic mass is 16.5. The van der Waals surface area contributed by atoms with Gasteiger partial charge in [-0.15, -0.1) is 0 Å². The Morgan fingerprint density at radius 3 is 2.65 bits per heavy atom. The van der Waals surface area contributed by atoms with Crippen molar-refractivity contribution in [2.24, 2.45) is 0 Å². The minimum Gasteiger partial charge on any atom is -0.493 e. The lowest BCUT2D eigenvalue weighted by Gasteiger charge is -2.14. The van der Waals surface area contributed by atoms with Gasteiger partial charge in [-0.05, 0) is 63.6 Å². The van der Waals surface area contributed by atoms with E-state index < -0.39 is 5.97 Å². The standard InChI is InChI=1S/C29H28N4O4/c1-5-12-36-26-14-20(29(34)35)9-10-22(26)24-16-33(18(3)25-8-6-7-11-30-25)28-23(24)13-21(15-31-28)27-17(2)32-37-19(27)4/h6-11,13-16,18H,5,12H2,1-4H3,(H,34,35). The summed E-state index contributed by atoms with van der Waals surface area (Å²) in [5.41, 5.74) is 6.16. The lowest BCUT2D eigenvalue weighted by atomic mass is 10.00. The molecule has 4 heterocycles. The van der Waals surface area contributed by atoms with Crippen molar-refractivity contribution in [2.45, 2.75) is 40.2 Å². The Bertz CT molecular complexity index is 1570. The summed E-state index contributed by atoms with van der Waals surface area (Å²) in [6.07, 6.45) is 6.46. The number of pyridine rings is 2. The fraction of sp³-hybridized carbons (Fsp3) is 0.241. The van der Waals surface area contributed by atoms with E-state index in [1.54, 1.807) is 18.3 Å². The van der Waals surface area contributed by atoms with Crippen molar-refractivity contribution in [2.75, 3.05) is 6.61 Å². The molecule has 0 radical (unpaired) electrons. The zero-order valence-corrected chi connectivity index (χ0v) is 21.2. The second-order valence-corrected chi connectivity index (χ2v) is 9.04. The van der Waals surface area contributed by atoms with Crippen LogP contribution in [0.25, 0.3) is 33.3 Å². The van der Waals surface area contributed by atoms with Gasteiger partial charge < -0.3 is 18.9 Å². The average Bonchev–Trinajstić information content (AvgIpc) is 3.46. The van der Waals surface area contributed by atoms with Gasteiger partial charge in [0.15, 0.2) is 0 Å². The molecular formula is C29H28N4O4. The molecule has 8 heteroatoms. The zero-order valence-electron chi connectivity index (χ0n) is 21.2. The van der Waals surface area contributed by atoms with Crippen molar-refractivity contribution < 1.29 is 19.2 Å². The molecule has 5 rings (SSSR count). The Balaban J connectivity index is 1.76. The molecule has 0 spiro atoms. The summed E-state index contributed by atoms with van der Waals surface area (Å²) in [6.45, 7) is 8.36. The highest BCUT2D eigenvalue weighted by Gasteiger charge is 2.22. The van der Waals surface area contributed by atoms with Gasteiger partial charge in [-0.3, -0.25) is 4.98 Å². The van der Waals surface area contributed by atoms with Crippen LogP contribution in [-0.2, 0) is 0 Å². The van der Waals surface area contributed by atoms with Gasteiger partial charge in [-0.25, -0.2) is 9.78 Å². The van der Waals surface area contributed by atoms with Gasteiger partial charge in [-0.2, -0.15) is 0 Å². The Labute approximate surface area is 214 Å². The van der Waals surface area contributed by atoms with E-state index in [0.29, 0.717) is 12.4 Å². The summed E-state index contributed by atoms with van der Waals surface area (Å²) in [5.74, 6) is 0.245. The van der Waals surface area contributed by atoms with E-state index in [4.69, 9.17) is 14.2 Å². The number of rotatable bonds is 8. The molecule has 0 fully saturated rings. The first-order valence-electron chi connectivity index (χ1n) is 12.2. The molecule has 1 unspecified atom stereocenters. The number of aromatic nitrogens is 4. The summed E-state index contributed by atoms with van der Waals surface area (Å²) in [7, 11) is 0. The second-order valence-electron chi connectivity index (χ2n) is 9.04. The maximum atomic E-state index is 11.7. The summed E-state index contributed by atoms with van der Waals surface area (Å²) in [4.78, 5) is 21.1. The first-order valence-corrected chi connectivity index (χ1v) is 12.2. The quantitative estimate of drug-likeness (QED) is 0.263. The van der Waals surface area contributed by atoms with E-state index in [9.17, 15) is 9.90 Å². The fourth-order valence-electron chi connectivity index (χ4n) is 4.65. The Hall–Kier alpha value is -4.46. The molecule has 37 heavy (non-hydrogen) atoms. The van der Waals surface area contributed by atoms with Crippen LogP contribution in [0.3, 0.4) is 0 Å². The Morgan fingerprint density at radius 2 is 1.97 bits per heavy atom.